The highest BCUT2D eigenvalue weighted by molar-refractivity contribution is 6.31. The van der Waals surface area contributed by atoms with Crippen molar-refractivity contribution in [1.29, 1.82) is 0 Å². The third-order valence-corrected chi connectivity index (χ3v) is 3.52. The number of carbonyl (C=O) groups excluding carboxylic acids is 1. The van der Waals surface area contributed by atoms with Crippen molar-refractivity contribution in [3.63, 3.8) is 0 Å². The second-order valence-corrected chi connectivity index (χ2v) is 4.87. The van der Waals surface area contributed by atoms with Gasteiger partial charge in [-0.25, -0.2) is 0 Å². The molecule has 1 aromatic rings. The Morgan fingerprint density at radius 1 is 1.39 bits per heavy atom. The standard InChI is InChI=1S/C13H17ClN2O.ClH/c1-9-2-3-10(8-12(9)14)13(17)16-11-4-6-15-7-5-11;/h2-3,8,11,15H,4-7H2,1H3,(H,16,17);1H. The first-order valence-corrected chi connectivity index (χ1v) is 6.32. The summed E-state index contributed by atoms with van der Waals surface area (Å²) in [6.07, 6.45) is 1.98. The van der Waals surface area contributed by atoms with Gasteiger partial charge in [0.15, 0.2) is 0 Å². The number of piperidine rings is 1. The molecule has 1 heterocycles. The molecule has 5 heteroatoms. The van der Waals surface area contributed by atoms with E-state index in [1.165, 1.54) is 0 Å². The van der Waals surface area contributed by atoms with Crippen molar-refractivity contribution < 1.29 is 4.79 Å². The smallest absolute Gasteiger partial charge is 0.251 e. The molecule has 1 aliphatic rings. The number of rotatable bonds is 2. The summed E-state index contributed by atoms with van der Waals surface area (Å²) in [4.78, 5) is 12.0. The van der Waals surface area contributed by atoms with Gasteiger partial charge in [0.1, 0.15) is 0 Å². The van der Waals surface area contributed by atoms with Crippen molar-refractivity contribution in [2.24, 2.45) is 0 Å². The summed E-state index contributed by atoms with van der Waals surface area (Å²) in [5, 5.41) is 6.96. The molecule has 3 nitrogen and oxygen atoms in total. The molecule has 1 amide bonds. The molecule has 0 unspecified atom stereocenters. The molecular weight excluding hydrogens is 271 g/mol. The lowest BCUT2D eigenvalue weighted by atomic mass is 10.1. The van der Waals surface area contributed by atoms with Gasteiger partial charge < -0.3 is 10.6 Å². The van der Waals surface area contributed by atoms with Crippen LogP contribution < -0.4 is 10.6 Å². The topological polar surface area (TPSA) is 41.1 Å². The fraction of sp³-hybridized carbons (Fsp3) is 0.462. The normalized spacial score (nSPS) is 15.9. The van der Waals surface area contributed by atoms with Crippen LogP contribution in [0.3, 0.4) is 0 Å². The van der Waals surface area contributed by atoms with Gasteiger partial charge in [0.05, 0.1) is 0 Å². The first-order chi connectivity index (χ1) is 8.16. The largest absolute Gasteiger partial charge is 0.349 e. The lowest BCUT2D eigenvalue weighted by molar-refractivity contribution is 0.0929. The highest BCUT2D eigenvalue weighted by Crippen LogP contribution is 2.17. The van der Waals surface area contributed by atoms with E-state index >= 15 is 0 Å². The van der Waals surface area contributed by atoms with E-state index in [0.717, 1.165) is 31.5 Å². The molecule has 0 atom stereocenters. The monoisotopic (exact) mass is 288 g/mol. The quantitative estimate of drug-likeness (QED) is 0.878. The van der Waals surface area contributed by atoms with Crippen LogP contribution >= 0.6 is 24.0 Å². The number of halogens is 2. The average molecular weight is 289 g/mol. The third-order valence-electron chi connectivity index (χ3n) is 3.11. The molecular formula is C13H18Cl2N2O. The number of aryl methyl sites for hydroxylation is 1. The van der Waals surface area contributed by atoms with Gasteiger partial charge in [-0.1, -0.05) is 17.7 Å². The van der Waals surface area contributed by atoms with E-state index in [2.05, 4.69) is 10.6 Å². The predicted octanol–water partition coefficient (Wildman–Crippen LogP) is 2.55. The minimum Gasteiger partial charge on any atom is -0.349 e. The molecule has 1 saturated heterocycles. The van der Waals surface area contributed by atoms with E-state index < -0.39 is 0 Å². The van der Waals surface area contributed by atoms with Crippen molar-refractivity contribution in [2.45, 2.75) is 25.8 Å². The van der Waals surface area contributed by atoms with E-state index in [4.69, 9.17) is 11.6 Å². The van der Waals surface area contributed by atoms with Crippen molar-refractivity contribution in [1.82, 2.24) is 10.6 Å². The van der Waals surface area contributed by atoms with Crippen LogP contribution in [0.1, 0.15) is 28.8 Å². The molecule has 2 N–H and O–H groups in total. The predicted molar refractivity (Wildman–Crippen MR) is 76.8 cm³/mol. The molecule has 1 fully saturated rings. The van der Waals surface area contributed by atoms with Gasteiger partial charge >= 0.3 is 0 Å². The highest BCUT2D eigenvalue weighted by Gasteiger charge is 2.16. The first-order valence-electron chi connectivity index (χ1n) is 5.94. The fourth-order valence-corrected chi connectivity index (χ4v) is 2.15. The molecule has 0 saturated carbocycles. The second-order valence-electron chi connectivity index (χ2n) is 4.46. The Morgan fingerprint density at radius 2 is 2.06 bits per heavy atom. The summed E-state index contributed by atoms with van der Waals surface area (Å²) >= 11 is 6.01. The number of carbonyl (C=O) groups is 1. The van der Waals surface area contributed by atoms with Crippen molar-refractivity contribution >= 4 is 29.9 Å². The highest BCUT2D eigenvalue weighted by atomic mass is 35.5. The summed E-state index contributed by atoms with van der Waals surface area (Å²) in [6.45, 7) is 3.87. The number of hydrogen-bond acceptors (Lipinski definition) is 2. The summed E-state index contributed by atoms with van der Waals surface area (Å²) < 4.78 is 0. The summed E-state index contributed by atoms with van der Waals surface area (Å²) in [6, 6.07) is 5.70. The Bertz CT molecular complexity index is 417. The van der Waals surface area contributed by atoms with Gasteiger partial charge in [-0.15, -0.1) is 12.4 Å². The molecule has 100 valence electrons. The number of benzene rings is 1. The van der Waals surface area contributed by atoms with Crippen LogP contribution in [0.2, 0.25) is 5.02 Å². The maximum absolute atomic E-state index is 12.0. The van der Waals surface area contributed by atoms with Gasteiger partial charge in [-0.05, 0) is 50.6 Å². The van der Waals surface area contributed by atoms with E-state index in [1.54, 1.807) is 6.07 Å². The molecule has 1 aliphatic heterocycles. The van der Waals surface area contributed by atoms with E-state index in [1.807, 2.05) is 19.1 Å². The van der Waals surface area contributed by atoms with Gasteiger partial charge in [0, 0.05) is 16.6 Å². The van der Waals surface area contributed by atoms with Gasteiger partial charge in [0.25, 0.3) is 5.91 Å². The Balaban J connectivity index is 0.00000162. The van der Waals surface area contributed by atoms with Crippen LogP contribution in [0.15, 0.2) is 18.2 Å². The fourth-order valence-electron chi connectivity index (χ4n) is 1.97. The van der Waals surface area contributed by atoms with Crippen LogP contribution in [0.4, 0.5) is 0 Å². The minimum atomic E-state index is -0.0289. The third kappa shape index (κ3) is 3.87. The summed E-state index contributed by atoms with van der Waals surface area (Å²) in [7, 11) is 0. The number of amides is 1. The summed E-state index contributed by atoms with van der Waals surface area (Å²) in [5.74, 6) is -0.0289. The SMILES string of the molecule is Cc1ccc(C(=O)NC2CCNCC2)cc1Cl.Cl. The first kappa shape index (κ1) is 15.3. The van der Waals surface area contributed by atoms with Crippen LogP contribution in [0, 0.1) is 6.92 Å². The van der Waals surface area contributed by atoms with E-state index in [9.17, 15) is 4.79 Å². The zero-order valence-electron chi connectivity index (χ0n) is 10.3. The Kier molecular flexibility index (Phi) is 5.93. The lowest BCUT2D eigenvalue weighted by Gasteiger charge is -2.23. The summed E-state index contributed by atoms with van der Waals surface area (Å²) in [5.41, 5.74) is 1.63. The van der Waals surface area contributed by atoms with Crippen LogP contribution in [0.25, 0.3) is 0 Å². The van der Waals surface area contributed by atoms with E-state index in [0.29, 0.717) is 10.6 Å². The number of hydrogen-bond donors (Lipinski definition) is 2. The molecule has 2 rings (SSSR count). The van der Waals surface area contributed by atoms with Crippen molar-refractivity contribution in [2.75, 3.05) is 13.1 Å². The van der Waals surface area contributed by atoms with Gasteiger partial charge in [0.2, 0.25) is 0 Å². The average Bonchev–Trinajstić information content (AvgIpc) is 2.34. The van der Waals surface area contributed by atoms with Crippen LogP contribution in [0.5, 0.6) is 0 Å². The maximum atomic E-state index is 12.0. The maximum Gasteiger partial charge on any atom is 0.251 e. The van der Waals surface area contributed by atoms with Crippen molar-refractivity contribution in [3.05, 3.63) is 34.3 Å². The molecule has 0 aliphatic carbocycles. The molecule has 0 spiro atoms. The molecule has 18 heavy (non-hydrogen) atoms. The molecule has 0 bridgehead atoms. The van der Waals surface area contributed by atoms with Crippen LogP contribution in [-0.4, -0.2) is 25.0 Å². The zero-order chi connectivity index (χ0) is 12.3. The molecule has 0 aromatic heterocycles. The van der Waals surface area contributed by atoms with Gasteiger partial charge in [-0.2, -0.15) is 0 Å². The van der Waals surface area contributed by atoms with Gasteiger partial charge in [-0.3, -0.25) is 4.79 Å². The molecule has 0 radical (unpaired) electrons. The Labute approximate surface area is 119 Å². The van der Waals surface area contributed by atoms with Crippen LogP contribution in [-0.2, 0) is 0 Å². The molecule has 1 aromatic carbocycles. The number of nitrogens with one attached hydrogen (secondary N) is 2. The second kappa shape index (κ2) is 6.98. The van der Waals surface area contributed by atoms with E-state index in [-0.39, 0.29) is 24.4 Å². The van der Waals surface area contributed by atoms with Crippen molar-refractivity contribution in [3.8, 4) is 0 Å². The lowest BCUT2D eigenvalue weighted by Crippen LogP contribution is -2.42. The minimum absolute atomic E-state index is 0. The Morgan fingerprint density at radius 3 is 2.67 bits per heavy atom. The zero-order valence-corrected chi connectivity index (χ0v) is 11.9. The Hall–Kier alpha value is -0.770.